The second-order valence-electron chi connectivity index (χ2n) is 12.2. The molecule has 49 heavy (non-hydrogen) atoms. The molecule has 9 rings (SSSR count). The van der Waals surface area contributed by atoms with Crippen molar-refractivity contribution >= 4 is 21.9 Å². The second kappa shape index (κ2) is 12.2. The highest BCUT2D eigenvalue weighted by molar-refractivity contribution is 6.05. The molecule has 0 amide bonds. The third-order valence-electron chi connectivity index (χ3n) is 9.16. The van der Waals surface area contributed by atoms with Crippen molar-refractivity contribution in [3.63, 3.8) is 0 Å². The zero-order chi connectivity index (χ0) is 32.6. The molecular formula is C46H30N2O. The van der Waals surface area contributed by atoms with Gasteiger partial charge in [0.05, 0.1) is 11.4 Å². The number of benzene rings is 7. The van der Waals surface area contributed by atoms with E-state index in [1.54, 1.807) is 0 Å². The van der Waals surface area contributed by atoms with E-state index in [-0.39, 0.29) is 0 Å². The summed E-state index contributed by atoms with van der Waals surface area (Å²) in [5.74, 6) is 0.696. The lowest BCUT2D eigenvalue weighted by atomic mass is 9.99. The molecule has 230 valence electrons. The Morgan fingerprint density at radius 2 is 0.694 bits per heavy atom. The lowest BCUT2D eigenvalue weighted by molar-refractivity contribution is 0.669. The van der Waals surface area contributed by atoms with Crippen LogP contribution in [0.5, 0.6) is 0 Å². The monoisotopic (exact) mass is 626 g/mol. The van der Waals surface area contributed by atoms with Gasteiger partial charge < -0.3 is 4.42 Å². The summed E-state index contributed by atoms with van der Waals surface area (Å²) in [5, 5.41) is 2.27. The van der Waals surface area contributed by atoms with E-state index in [1.165, 1.54) is 16.7 Å². The zero-order valence-electron chi connectivity index (χ0n) is 26.6. The average Bonchev–Trinajstić information content (AvgIpc) is 3.57. The van der Waals surface area contributed by atoms with Crippen LogP contribution in [0.3, 0.4) is 0 Å². The summed E-state index contributed by atoms with van der Waals surface area (Å²) in [7, 11) is 0. The molecule has 0 aliphatic rings. The first kappa shape index (κ1) is 28.6. The van der Waals surface area contributed by atoms with Crippen molar-refractivity contribution in [1.82, 2.24) is 9.97 Å². The normalized spacial score (nSPS) is 11.3. The molecule has 0 aliphatic heterocycles. The van der Waals surface area contributed by atoms with E-state index in [1.807, 2.05) is 42.5 Å². The van der Waals surface area contributed by atoms with Crippen LogP contribution in [0.2, 0.25) is 0 Å². The molecule has 3 nitrogen and oxygen atoms in total. The van der Waals surface area contributed by atoms with Crippen LogP contribution >= 0.6 is 0 Å². The van der Waals surface area contributed by atoms with Crippen LogP contribution in [0.25, 0.3) is 89.2 Å². The highest BCUT2D eigenvalue weighted by atomic mass is 16.3. The van der Waals surface area contributed by atoms with Crippen molar-refractivity contribution in [2.75, 3.05) is 0 Å². The SMILES string of the molecule is c1ccc(-c2ccc(-c3ccc(-c4nc(-c5ccccc5)cc(-c5ccc(-c6ccc7c(c6)oc6ccccc67)cc5)n4)cc3)cc2)cc1. The molecule has 0 atom stereocenters. The first-order valence-electron chi connectivity index (χ1n) is 16.5. The molecule has 3 heteroatoms. The summed E-state index contributed by atoms with van der Waals surface area (Å²) >= 11 is 0. The molecule has 2 aromatic heterocycles. The fourth-order valence-electron chi connectivity index (χ4n) is 6.52. The largest absolute Gasteiger partial charge is 0.456 e. The van der Waals surface area contributed by atoms with Crippen molar-refractivity contribution in [2.24, 2.45) is 0 Å². The number of fused-ring (bicyclic) bond motifs is 3. The number of aromatic nitrogens is 2. The molecule has 0 saturated carbocycles. The van der Waals surface area contributed by atoms with Crippen molar-refractivity contribution in [2.45, 2.75) is 0 Å². The first-order chi connectivity index (χ1) is 24.2. The molecule has 9 aromatic rings. The minimum absolute atomic E-state index is 0.696. The van der Waals surface area contributed by atoms with Crippen molar-refractivity contribution in [3.05, 3.63) is 182 Å². The molecule has 0 saturated heterocycles. The van der Waals surface area contributed by atoms with Crippen molar-refractivity contribution in [3.8, 4) is 67.3 Å². The average molecular weight is 627 g/mol. The topological polar surface area (TPSA) is 38.9 Å². The lowest BCUT2D eigenvalue weighted by Crippen LogP contribution is -1.96. The Morgan fingerprint density at radius 1 is 0.286 bits per heavy atom. The summed E-state index contributed by atoms with van der Waals surface area (Å²) < 4.78 is 6.15. The lowest BCUT2D eigenvalue weighted by Gasteiger charge is -2.11. The molecule has 0 N–H and O–H groups in total. The summed E-state index contributed by atoms with van der Waals surface area (Å²) in [5.41, 5.74) is 13.6. The predicted molar refractivity (Wildman–Crippen MR) is 202 cm³/mol. The van der Waals surface area contributed by atoms with Crippen LogP contribution in [0.4, 0.5) is 0 Å². The second-order valence-corrected chi connectivity index (χ2v) is 12.2. The highest BCUT2D eigenvalue weighted by Crippen LogP contribution is 2.34. The summed E-state index contributed by atoms with van der Waals surface area (Å²) in [4.78, 5) is 10.1. The molecular weight excluding hydrogens is 597 g/mol. The number of rotatable bonds is 6. The smallest absolute Gasteiger partial charge is 0.160 e. The Kier molecular flexibility index (Phi) is 7.14. The minimum Gasteiger partial charge on any atom is -0.456 e. The van der Waals surface area contributed by atoms with Crippen LogP contribution in [0.1, 0.15) is 0 Å². The number of hydrogen-bond donors (Lipinski definition) is 0. The van der Waals surface area contributed by atoms with Crippen molar-refractivity contribution in [1.29, 1.82) is 0 Å². The van der Waals surface area contributed by atoms with Crippen LogP contribution in [-0.4, -0.2) is 9.97 Å². The zero-order valence-corrected chi connectivity index (χ0v) is 26.6. The van der Waals surface area contributed by atoms with Gasteiger partial charge in [0.1, 0.15) is 11.2 Å². The van der Waals surface area contributed by atoms with Crippen LogP contribution in [-0.2, 0) is 0 Å². The summed E-state index contributed by atoms with van der Waals surface area (Å²) in [6.45, 7) is 0. The third-order valence-corrected chi connectivity index (χ3v) is 9.16. The molecule has 0 bridgehead atoms. The standard InChI is InChI=1S/C46H30N2O/c1-3-9-31(10-4-1)32-15-17-33(18-16-32)34-21-25-38(26-22-34)46-47-42(36-11-5-2-6-12-36)30-43(48-46)37-23-19-35(20-24-37)39-27-28-41-40-13-7-8-14-44(40)49-45(41)29-39/h1-30H. The molecule has 7 aromatic carbocycles. The van der Waals surface area contributed by atoms with Crippen LogP contribution < -0.4 is 0 Å². The number of hydrogen-bond acceptors (Lipinski definition) is 3. The molecule has 0 spiro atoms. The maximum Gasteiger partial charge on any atom is 0.160 e. The van der Waals surface area contributed by atoms with E-state index in [0.29, 0.717) is 5.82 Å². The van der Waals surface area contributed by atoms with E-state index >= 15 is 0 Å². The Balaban J connectivity index is 1.04. The fourth-order valence-corrected chi connectivity index (χ4v) is 6.52. The van der Waals surface area contributed by atoms with Crippen LogP contribution in [0, 0.1) is 0 Å². The van der Waals surface area contributed by atoms with Gasteiger partial charge in [-0.25, -0.2) is 9.97 Å². The van der Waals surface area contributed by atoms with E-state index in [0.717, 1.165) is 66.7 Å². The molecule has 0 unspecified atom stereocenters. The van der Waals surface area contributed by atoms with E-state index in [2.05, 4.69) is 140 Å². The predicted octanol–water partition coefficient (Wildman–Crippen LogP) is 12.4. The third kappa shape index (κ3) is 5.58. The maximum absolute atomic E-state index is 6.15. The van der Waals surface area contributed by atoms with Gasteiger partial charge in [0, 0.05) is 27.5 Å². The van der Waals surface area contributed by atoms with Gasteiger partial charge in [-0.05, 0) is 57.6 Å². The molecule has 2 heterocycles. The minimum atomic E-state index is 0.696. The van der Waals surface area contributed by atoms with Gasteiger partial charge in [-0.2, -0.15) is 0 Å². The van der Waals surface area contributed by atoms with Gasteiger partial charge >= 0.3 is 0 Å². The van der Waals surface area contributed by atoms with Gasteiger partial charge in [0.15, 0.2) is 5.82 Å². The Bertz CT molecular complexity index is 2550. The summed E-state index contributed by atoms with van der Waals surface area (Å²) in [6.07, 6.45) is 0. The van der Waals surface area contributed by atoms with Gasteiger partial charge in [0.2, 0.25) is 0 Å². The number of para-hydroxylation sites is 1. The van der Waals surface area contributed by atoms with Crippen LogP contribution in [0.15, 0.2) is 186 Å². The van der Waals surface area contributed by atoms with E-state index in [4.69, 9.17) is 14.4 Å². The number of nitrogens with zero attached hydrogens (tertiary/aromatic N) is 2. The number of furan rings is 1. The van der Waals surface area contributed by atoms with Gasteiger partial charge in [-0.15, -0.1) is 0 Å². The Morgan fingerprint density at radius 3 is 1.31 bits per heavy atom. The molecule has 0 radical (unpaired) electrons. The summed E-state index contributed by atoms with van der Waals surface area (Å²) in [6, 6.07) is 63.3. The van der Waals surface area contributed by atoms with Gasteiger partial charge in [-0.3, -0.25) is 0 Å². The fraction of sp³-hybridized carbons (Fsp3) is 0. The van der Waals surface area contributed by atoms with E-state index < -0.39 is 0 Å². The molecule has 0 aliphatic carbocycles. The van der Waals surface area contributed by atoms with E-state index in [9.17, 15) is 0 Å². The molecule has 0 fully saturated rings. The maximum atomic E-state index is 6.15. The Hall–Kier alpha value is -6.58. The van der Waals surface area contributed by atoms with Gasteiger partial charge in [0.25, 0.3) is 0 Å². The van der Waals surface area contributed by atoms with Gasteiger partial charge in [-0.1, -0.05) is 158 Å². The highest BCUT2D eigenvalue weighted by Gasteiger charge is 2.13. The first-order valence-corrected chi connectivity index (χ1v) is 16.5. The van der Waals surface area contributed by atoms with Crippen molar-refractivity contribution < 1.29 is 4.42 Å². The quantitative estimate of drug-likeness (QED) is 0.184. The Labute approximate surface area is 284 Å².